The summed E-state index contributed by atoms with van der Waals surface area (Å²) in [7, 11) is 0. The van der Waals surface area contributed by atoms with Gasteiger partial charge in [0.2, 0.25) is 0 Å². The zero-order valence-corrected chi connectivity index (χ0v) is 16.4. The van der Waals surface area contributed by atoms with Crippen molar-refractivity contribution in [2.75, 3.05) is 5.32 Å². The molecular weight excluding hydrogens is 376 g/mol. The lowest BCUT2D eigenvalue weighted by atomic mass is 9.98. The molecule has 0 saturated carbocycles. The molecule has 0 atom stereocenters. The second kappa shape index (κ2) is 7.75. The maximum absolute atomic E-state index is 4.59. The van der Waals surface area contributed by atoms with E-state index < -0.39 is 0 Å². The number of fused-ring (bicyclic) bond motifs is 1. The van der Waals surface area contributed by atoms with Gasteiger partial charge in [-0.15, -0.1) is 5.10 Å². The van der Waals surface area contributed by atoms with Crippen molar-refractivity contribution in [2.24, 2.45) is 0 Å². The van der Waals surface area contributed by atoms with E-state index in [9.17, 15) is 0 Å². The van der Waals surface area contributed by atoms with Crippen LogP contribution in [0.4, 0.5) is 5.82 Å². The van der Waals surface area contributed by atoms with Crippen molar-refractivity contribution < 1.29 is 0 Å². The first kappa shape index (κ1) is 18.0. The molecule has 3 heterocycles. The minimum atomic E-state index is 0.656. The first-order valence-electron chi connectivity index (χ1n) is 9.82. The number of aromatic amines is 1. The summed E-state index contributed by atoms with van der Waals surface area (Å²) < 4.78 is 1.83. The molecule has 0 aliphatic carbocycles. The number of hydrogen-bond donors (Lipinski definition) is 2. The Morgan fingerprint density at radius 3 is 2.60 bits per heavy atom. The smallest absolute Gasteiger partial charge is 0.180 e. The number of nitrogens with zero attached hydrogens (tertiary/aromatic N) is 6. The fraction of sp³-hybridized carbons (Fsp3) is 0.136. The largest absolute Gasteiger partial charge is 0.366 e. The molecule has 2 aromatic carbocycles. The van der Waals surface area contributed by atoms with Gasteiger partial charge in [-0.3, -0.25) is 0 Å². The van der Waals surface area contributed by atoms with E-state index in [1.54, 1.807) is 6.20 Å². The Bertz CT molecular complexity index is 1270. The number of nitrogens with one attached hydrogen (secondary N) is 2. The van der Waals surface area contributed by atoms with Crippen molar-refractivity contribution in [3.05, 3.63) is 78.1 Å². The normalized spacial score (nSPS) is 11.1. The van der Waals surface area contributed by atoms with E-state index >= 15 is 0 Å². The van der Waals surface area contributed by atoms with Gasteiger partial charge >= 0.3 is 0 Å². The average Bonchev–Trinajstić information content (AvgIpc) is 3.50. The molecule has 0 bridgehead atoms. The maximum Gasteiger partial charge on any atom is 0.180 e. The van der Waals surface area contributed by atoms with Gasteiger partial charge in [0.05, 0.1) is 6.20 Å². The lowest BCUT2D eigenvalue weighted by Gasteiger charge is -2.11. The predicted octanol–water partition coefficient (Wildman–Crippen LogP) is 3.75. The number of benzene rings is 2. The minimum absolute atomic E-state index is 0.656. The number of anilines is 1. The highest BCUT2D eigenvalue weighted by Crippen LogP contribution is 2.29. The number of tetrazole rings is 1. The van der Waals surface area contributed by atoms with E-state index in [1.165, 1.54) is 5.56 Å². The molecule has 3 aromatic heterocycles. The fourth-order valence-electron chi connectivity index (χ4n) is 3.48. The minimum Gasteiger partial charge on any atom is -0.366 e. The van der Waals surface area contributed by atoms with E-state index in [-0.39, 0.29) is 0 Å². The Kier molecular flexibility index (Phi) is 4.65. The monoisotopic (exact) mass is 396 g/mol. The van der Waals surface area contributed by atoms with Crippen molar-refractivity contribution in [3.8, 4) is 22.5 Å². The molecule has 5 rings (SSSR count). The van der Waals surface area contributed by atoms with Crippen LogP contribution in [0.15, 0.2) is 66.9 Å². The second-order valence-electron chi connectivity index (χ2n) is 6.93. The highest BCUT2D eigenvalue weighted by molar-refractivity contribution is 5.80. The fourth-order valence-corrected chi connectivity index (χ4v) is 3.48. The van der Waals surface area contributed by atoms with Gasteiger partial charge in [-0.2, -0.15) is 9.61 Å². The molecule has 148 valence electrons. The molecular formula is C22H20N8. The van der Waals surface area contributed by atoms with Crippen LogP contribution in [0.3, 0.4) is 0 Å². The van der Waals surface area contributed by atoms with Crippen LogP contribution in [0, 0.1) is 0 Å². The number of rotatable bonds is 6. The SMILES string of the molecule is CCc1cc(NCc2ccc(-c3ccccc3-c3nnn[nH]3)cc2)n2nccc2n1. The summed E-state index contributed by atoms with van der Waals surface area (Å²) >= 11 is 0. The third kappa shape index (κ3) is 3.39. The standard InChI is InChI=1S/C22H20N8/c1-2-17-13-21(30-20(25-17)11-12-24-30)23-14-15-7-9-16(10-8-15)18-5-3-4-6-19(18)22-26-28-29-27-22/h3-13,23H,2,14H2,1H3,(H,26,27,28,29). The van der Waals surface area contributed by atoms with E-state index in [0.717, 1.165) is 40.3 Å². The highest BCUT2D eigenvalue weighted by Gasteiger charge is 2.10. The molecule has 8 heteroatoms. The third-order valence-electron chi connectivity index (χ3n) is 5.04. The summed E-state index contributed by atoms with van der Waals surface area (Å²) in [6.07, 6.45) is 2.65. The lowest BCUT2D eigenvalue weighted by Crippen LogP contribution is -2.07. The third-order valence-corrected chi connectivity index (χ3v) is 5.04. The zero-order chi connectivity index (χ0) is 20.3. The van der Waals surface area contributed by atoms with Crippen molar-refractivity contribution in [1.29, 1.82) is 0 Å². The number of aryl methyl sites for hydroxylation is 1. The summed E-state index contributed by atoms with van der Waals surface area (Å²) in [5, 5.41) is 22.1. The van der Waals surface area contributed by atoms with Gasteiger partial charge in [0.1, 0.15) is 5.82 Å². The van der Waals surface area contributed by atoms with Crippen LogP contribution >= 0.6 is 0 Å². The molecule has 5 aromatic rings. The van der Waals surface area contributed by atoms with E-state index in [1.807, 2.05) is 28.8 Å². The van der Waals surface area contributed by atoms with Crippen molar-refractivity contribution in [1.82, 2.24) is 35.2 Å². The topological polar surface area (TPSA) is 96.7 Å². The second-order valence-corrected chi connectivity index (χ2v) is 6.93. The Hall–Kier alpha value is -4.07. The van der Waals surface area contributed by atoms with E-state index in [0.29, 0.717) is 12.4 Å². The highest BCUT2D eigenvalue weighted by atomic mass is 15.5. The van der Waals surface area contributed by atoms with Crippen molar-refractivity contribution in [2.45, 2.75) is 19.9 Å². The van der Waals surface area contributed by atoms with Crippen molar-refractivity contribution >= 4 is 11.5 Å². The molecule has 0 aliphatic heterocycles. The summed E-state index contributed by atoms with van der Waals surface area (Å²) in [6, 6.07) is 20.5. The quantitative estimate of drug-likeness (QED) is 0.454. The average molecular weight is 396 g/mol. The van der Waals surface area contributed by atoms with E-state index in [4.69, 9.17) is 0 Å². The first-order valence-corrected chi connectivity index (χ1v) is 9.82. The van der Waals surface area contributed by atoms with Gasteiger partial charge in [-0.25, -0.2) is 10.1 Å². The zero-order valence-electron chi connectivity index (χ0n) is 16.4. The molecule has 0 unspecified atom stereocenters. The lowest BCUT2D eigenvalue weighted by molar-refractivity contribution is 0.881. The van der Waals surface area contributed by atoms with Crippen LogP contribution < -0.4 is 5.32 Å². The molecule has 8 nitrogen and oxygen atoms in total. The van der Waals surface area contributed by atoms with Crippen molar-refractivity contribution in [3.63, 3.8) is 0 Å². The predicted molar refractivity (Wildman–Crippen MR) is 115 cm³/mol. The number of H-pyrrole nitrogens is 1. The van der Waals surface area contributed by atoms with Gasteiger partial charge in [0.15, 0.2) is 11.5 Å². The van der Waals surface area contributed by atoms with Crippen LogP contribution in [0.2, 0.25) is 0 Å². The van der Waals surface area contributed by atoms with Crippen LogP contribution in [0.25, 0.3) is 28.2 Å². The Morgan fingerprint density at radius 2 is 1.83 bits per heavy atom. The van der Waals surface area contributed by atoms with Crippen LogP contribution in [0.5, 0.6) is 0 Å². The molecule has 0 fully saturated rings. The molecule has 0 aliphatic rings. The molecule has 2 N–H and O–H groups in total. The van der Waals surface area contributed by atoms with E-state index in [2.05, 4.69) is 79.3 Å². The van der Waals surface area contributed by atoms with Crippen LogP contribution in [0.1, 0.15) is 18.2 Å². The molecule has 0 saturated heterocycles. The van der Waals surface area contributed by atoms with Gasteiger partial charge in [0, 0.05) is 29.9 Å². The maximum atomic E-state index is 4.59. The van der Waals surface area contributed by atoms with Crippen LogP contribution in [-0.2, 0) is 13.0 Å². The van der Waals surface area contributed by atoms with Gasteiger partial charge in [-0.1, -0.05) is 55.5 Å². The molecule has 30 heavy (non-hydrogen) atoms. The van der Waals surface area contributed by atoms with Gasteiger partial charge in [-0.05, 0) is 33.5 Å². The number of hydrogen-bond acceptors (Lipinski definition) is 6. The summed E-state index contributed by atoms with van der Waals surface area (Å²) in [4.78, 5) is 4.59. The number of aromatic nitrogens is 7. The van der Waals surface area contributed by atoms with Gasteiger partial charge in [0.25, 0.3) is 0 Å². The Morgan fingerprint density at radius 1 is 1.00 bits per heavy atom. The Balaban J connectivity index is 1.38. The Labute approximate surface area is 173 Å². The summed E-state index contributed by atoms with van der Waals surface area (Å²) in [5.74, 6) is 1.60. The van der Waals surface area contributed by atoms with Crippen LogP contribution in [-0.4, -0.2) is 35.2 Å². The molecule has 0 amide bonds. The molecule has 0 radical (unpaired) electrons. The molecule has 0 spiro atoms. The summed E-state index contributed by atoms with van der Waals surface area (Å²) in [5.41, 5.74) is 6.23. The summed E-state index contributed by atoms with van der Waals surface area (Å²) in [6.45, 7) is 2.79. The van der Waals surface area contributed by atoms with Gasteiger partial charge < -0.3 is 5.32 Å². The first-order chi connectivity index (χ1) is 14.8.